The van der Waals surface area contributed by atoms with Crippen LogP contribution in [-0.2, 0) is 0 Å². The van der Waals surface area contributed by atoms with E-state index in [1.165, 1.54) is 12.8 Å². The highest BCUT2D eigenvalue weighted by Crippen LogP contribution is 2.28. The Bertz CT molecular complexity index is 989. The summed E-state index contributed by atoms with van der Waals surface area (Å²) < 4.78 is 1.70. The molecule has 1 N–H and O–H groups in total. The molecule has 0 bridgehead atoms. The van der Waals surface area contributed by atoms with Crippen LogP contribution in [0.1, 0.15) is 42.9 Å². The fourth-order valence-electron chi connectivity index (χ4n) is 3.63. The van der Waals surface area contributed by atoms with Crippen LogP contribution in [0.2, 0.25) is 0 Å². The molecule has 0 saturated heterocycles. The summed E-state index contributed by atoms with van der Waals surface area (Å²) in [5, 5.41) is 12.3. The Hall–Kier alpha value is -2.80. The Morgan fingerprint density at radius 3 is 2.89 bits per heavy atom. The first kappa shape index (κ1) is 18.6. The van der Waals surface area contributed by atoms with Crippen molar-refractivity contribution in [3.63, 3.8) is 0 Å². The van der Waals surface area contributed by atoms with E-state index in [9.17, 15) is 4.79 Å². The third-order valence-corrected chi connectivity index (χ3v) is 5.28. The van der Waals surface area contributed by atoms with Gasteiger partial charge in [0.25, 0.3) is 5.91 Å². The van der Waals surface area contributed by atoms with E-state index in [1.54, 1.807) is 10.9 Å². The topological polar surface area (TPSA) is 75.9 Å². The molecule has 0 aliphatic heterocycles. The summed E-state index contributed by atoms with van der Waals surface area (Å²) in [4.78, 5) is 19.4. The minimum absolute atomic E-state index is 0.175. The van der Waals surface area contributed by atoms with E-state index < -0.39 is 0 Å². The number of fused-ring (bicyclic) bond motifs is 1. The quantitative estimate of drug-likeness (QED) is 0.684. The summed E-state index contributed by atoms with van der Waals surface area (Å²) in [5.74, 6) is -0.175. The number of hydrogen-bond acceptors (Lipinski definition) is 5. The van der Waals surface area contributed by atoms with Gasteiger partial charge in [-0.15, -0.1) is 5.10 Å². The lowest BCUT2D eigenvalue weighted by Crippen LogP contribution is -2.40. The van der Waals surface area contributed by atoms with Gasteiger partial charge in [-0.25, -0.2) is 4.68 Å². The first-order valence-electron chi connectivity index (χ1n) is 9.86. The van der Waals surface area contributed by atoms with Gasteiger partial charge >= 0.3 is 0 Å². The van der Waals surface area contributed by atoms with Gasteiger partial charge in [-0.2, -0.15) is 0 Å². The zero-order chi connectivity index (χ0) is 19.7. The molecule has 146 valence electrons. The van der Waals surface area contributed by atoms with E-state index in [4.69, 9.17) is 0 Å². The van der Waals surface area contributed by atoms with E-state index in [2.05, 4.69) is 39.4 Å². The van der Waals surface area contributed by atoms with Crippen LogP contribution < -0.4 is 5.32 Å². The summed E-state index contributed by atoms with van der Waals surface area (Å²) in [6.45, 7) is 7.75. The van der Waals surface area contributed by atoms with E-state index in [1.807, 2.05) is 37.3 Å². The summed E-state index contributed by atoms with van der Waals surface area (Å²) in [5.41, 5.74) is 2.88. The Labute approximate surface area is 164 Å². The van der Waals surface area contributed by atoms with Gasteiger partial charge in [0.1, 0.15) is 0 Å². The lowest BCUT2D eigenvalue weighted by molar-refractivity contribution is 0.0938. The van der Waals surface area contributed by atoms with Crippen molar-refractivity contribution >= 4 is 16.8 Å². The molecule has 1 amide bonds. The minimum Gasteiger partial charge on any atom is -0.349 e. The second-order valence-corrected chi connectivity index (χ2v) is 7.63. The molecule has 1 fully saturated rings. The van der Waals surface area contributed by atoms with Crippen LogP contribution in [0.4, 0.5) is 0 Å². The summed E-state index contributed by atoms with van der Waals surface area (Å²) in [6, 6.07) is 11.0. The largest absolute Gasteiger partial charge is 0.349 e. The molecular formula is C21H26N6O. The summed E-state index contributed by atoms with van der Waals surface area (Å²) in [6.07, 6.45) is 4.30. The monoisotopic (exact) mass is 378 g/mol. The fourth-order valence-corrected chi connectivity index (χ4v) is 3.63. The van der Waals surface area contributed by atoms with Crippen LogP contribution in [0.25, 0.3) is 16.6 Å². The van der Waals surface area contributed by atoms with Crippen molar-refractivity contribution in [3.05, 3.63) is 47.9 Å². The van der Waals surface area contributed by atoms with Crippen LogP contribution >= 0.6 is 0 Å². The highest BCUT2D eigenvalue weighted by Gasteiger charge is 2.30. The predicted octanol–water partition coefficient (Wildman–Crippen LogP) is 2.73. The first-order chi connectivity index (χ1) is 13.5. The van der Waals surface area contributed by atoms with Crippen LogP contribution in [0.5, 0.6) is 0 Å². The van der Waals surface area contributed by atoms with Gasteiger partial charge in [0.05, 0.1) is 16.9 Å². The minimum atomic E-state index is -0.175. The second kappa shape index (κ2) is 7.67. The van der Waals surface area contributed by atoms with Gasteiger partial charge in [-0.3, -0.25) is 14.7 Å². The maximum absolute atomic E-state index is 12.6. The van der Waals surface area contributed by atoms with E-state index in [-0.39, 0.29) is 5.91 Å². The molecule has 0 radical (unpaired) electrons. The predicted molar refractivity (Wildman–Crippen MR) is 109 cm³/mol. The van der Waals surface area contributed by atoms with Gasteiger partial charge in [0.15, 0.2) is 5.69 Å². The number of hydrogen-bond donors (Lipinski definition) is 1. The number of amides is 1. The maximum atomic E-state index is 12.6. The van der Waals surface area contributed by atoms with Crippen molar-refractivity contribution in [1.82, 2.24) is 30.2 Å². The van der Waals surface area contributed by atoms with Gasteiger partial charge in [0.2, 0.25) is 0 Å². The average Bonchev–Trinajstić information content (AvgIpc) is 3.45. The van der Waals surface area contributed by atoms with Gasteiger partial charge < -0.3 is 5.32 Å². The number of aromatic nitrogens is 4. The molecular weight excluding hydrogens is 352 g/mol. The average molecular weight is 378 g/mol. The molecule has 1 aliphatic rings. The molecule has 2 aromatic heterocycles. The zero-order valence-electron chi connectivity index (χ0n) is 16.6. The third kappa shape index (κ3) is 3.75. The SMILES string of the molecule is Cc1c(C(=O)NCCN(C(C)C)C2CC2)nnn1-c1ccc2ncccc2c1. The standard InChI is InChI=1S/C21H26N6O/c1-14(2)26(17-6-7-17)12-11-23-21(28)20-15(3)27(25-24-20)18-8-9-19-16(13-18)5-4-10-22-19/h4-5,8-10,13-14,17H,6-7,11-12H2,1-3H3,(H,23,28). The Morgan fingerprint density at radius 2 is 2.14 bits per heavy atom. The number of rotatable bonds is 7. The highest BCUT2D eigenvalue weighted by atomic mass is 16.2. The number of nitrogens with one attached hydrogen (secondary N) is 1. The molecule has 28 heavy (non-hydrogen) atoms. The number of nitrogens with zero attached hydrogens (tertiary/aromatic N) is 5. The molecule has 7 heteroatoms. The molecule has 7 nitrogen and oxygen atoms in total. The molecule has 4 rings (SSSR count). The molecule has 1 saturated carbocycles. The van der Waals surface area contributed by atoms with Crippen LogP contribution in [0.15, 0.2) is 36.5 Å². The normalized spacial score (nSPS) is 14.2. The zero-order valence-corrected chi connectivity index (χ0v) is 16.6. The van der Waals surface area contributed by atoms with Crippen LogP contribution in [0, 0.1) is 6.92 Å². The smallest absolute Gasteiger partial charge is 0.273 e. The van der Waals surface area contributed by atoms with E-state index in [0.29, 0.717) is 24.3 Å². The molecule has 0 unspecified atom stereocenters. The van der Waals surface area contributed by atoms with Crippen LogP contribution in [-0.4, -0.2) is 56.0 Å². The van der Waals surface area contributed by atoms with Crippen molar-refractivity contribution in [2.75, 3.05) is 13.1 Å². The molecule has 1 aromatic carbocycles. The van der Waals surface area contributed by atoms with Gasteiger partial charge in [-0.05, 0) is 57.9 Å². The molecule has 3 aromatic rings. The first-order valence-corrected chi connectivity index (χ1v) is 9.86. The van der Waals surface area contributed by atoms with Crippen molar-refractivity contribution in [2.24, 2.45) is 0 Å². The van der Waals surface area contributed by atoms with E-state index >= 15 is 0 Å². The molecule has 0 spiro atoms. The van der Waals surface area contributed by atoms with Gasteiger partial charge in [-0.1, -0.05) is 11.3 Å². The molecule has 0 atom stereocenters. The third-order valence-electron chi connectivity index (χ3n) is 5.28. The van der Waals surface area contributed by atoms with Crippen molar-refractivity contribution in [2.45, 2.75) is 45.7 Å². The van der Waals surface area contributed by atoms with Crippen molar-refractivity contribution in [3.8, 4) is 5.69 Å². The highest BCUT2D eigenvalue weighted by molar-refractivity contribution is 5.93. The lowest BCUT2D eigenvalue weighted by Gasteiger charge is -2.26. The van der Waals surface area contributed by atoms with Crippen molar-refractivity contribution in [1.29, 1.82) is 0 Å². The van der Waals surface area contributed by atoms with Crippen LogP contribution in [0.3, 0.4) is 0 Å². The molecule has 2 heterocycles. The summed E-state index contributed by atoms with van der Waals surface area (Å²) in [7, 11) is 0. The van der Waals surface area contributed by atoms with E-state index in [0.717, 1.165) is 28.8 Å². The number of carbonyl (C=O) groups excluding carboxylic acids is 1. The Morgan fingerprint density at radius 1 is 1.32 bits per heavy atom. The second-order valence-electron chi connectivity index (χ2n) is 7.63. The summed E-state index contributed by atoms with van der Waals surface area (Å²) >= 11 is 0. The lowest BCUT2D eigenvalue weighted by atomic mass is 10.2. The maximum Gasteiger partial charge on any atom is 0.273 e. The Balaban J connectivity index is 1.45. The molecule has 1 aliphatic carbocycles. The number of carbonyl (C=O) groups is 1. The van der Waals surface area contributed by atoms with Crippen molar-refractivity contribution < 1.29 is 4.79 Å². The Kier molecular flexibility index (Phi) is 5.09. The fraction of sp³-hybridized carbons (Fsp3) is 0.429. The van der Waals surface area contributed by atoms with Gasteiger partial charge in [0, 0.05) is 36.8 Å². The number of benzene rings is 1. The number of pyridine rings is 1.